The topological polar surface area (TPSA) is 56.2 Å². The number of hydrogen-bond donors (Lipinski definition) is 1. The van der Waals surface area contributed by atoms with Crippen LogP contribution in [0, 0.1) is 19.7 Å². The number of aryl methyl sites for hydroxylation is 2. The Labute approximate surface area is 133 Å². The molecular weight excluding hydrogens is 309 g/mol. The molecule has 0 saturated carbocycles. The van der Waals surface area contributed by atoms with Gasteiger partial charge in [-0.25, -0.2) is 4.39 Å². The first-order valence-corrected chi connectivity index (χ1v) is 7.10. The molecule has 0 bridgehead atoms. The van der Waals surface area contributed by atoms with E-state index in [1.54, 1.807) is 18.7 Å². The van der Waals surface area contributed by atoms with Crippen molar-refractivity contribution in [1.82, 2.24) is 9.78 Å². The van der Waals surface area contributed by atoms with Gasteiger partial charge in [0.1, 0.15) is 11.6 Å². The van der Waals surface area contributed by atoms with Gasteiger partial charge >= 0.3 is 0 Å². The lowest BCUT2D eigenvalue weighted by atomic mass is 10.2. The molecule has 0 unspecified atom stereocenters. The van der Waals surface area contributed by atoms with Crippen LogP contribution >= 0.6 is 11.6 Å². The zero-order valence-corrected chi connectivity index (χ0v) is 13.5. The van der Waals surface area contributed by atoms with Crippen molar-refractivity contribution in [3.8, 4) is 5.75 Å². The molecule has 118 valence electrons. The number of nitrogens with one attached hydrogen (secondary N) is 1. The molecule has 5 nitrogen and oxygen atoms in total. The molecule has 0 aliphatic carbocycles. The number of hydrogen-bond acceptors (Lipinski definition) is 3. The van der Waals surface area contributed by atoms with Gasteiger partial charge in [0.05, 0.1) is 22.1 Å². The fourth-order valence-corrected chi connectivity index (χ4v) is 2.16. The molecule has 0 aliphatic heterocycles. The van der Waals surface area contributed by atoms with E-state index in [-0.39, 0.29) is 10.9 Å². The van der Waals surface area contributed by atoms with Gasteiger partial charge in [0, 0.05) is 13.1 Å². The van der Waals surface area contributed by atoms with Crippen LogP contribution in [0.1, 0.15) is 18.3 Å². The summed E-state index contributed by atoms with van der Waals surface area (Å²) >= 11 is 5.68. The van der Waals surface area contributed by atoms with Crippen molar-refractivity contribution in [2.75, 3.05) is 5.32 Å². The predicted molar refractivity (Wildman–Crippen MR) is 82.8 cm³/mol. The molecule has 1 atom stereocenters. The Bertz CT molecular complexity index is 715. The summed E-state index contributed by atoms with van der Waals surface area (Å²) in [6, 6.07) is 3.95. The number of carbonyl (C=O) groups excluding carboxylic acids is 1. The van der Waals surface area contributed by atoms with Gasteiger partial charge in [0.25, 0.3) is 5.91 Å². The van der Waals surface area contributed by atoms with Crippen LogP contribution in [0.2, 0.25) is 5.02 Å². The first kappa shape index (κ1) is 16.3. The van der Waals surface area contributed by atoms with Gasteiger partial charge in [-0.05, 0) is 32.9 Å². The summed E-state index contributed by atoms with van der Waals surface area (Å²) in [6.45, 7) is 5.28. The lowest BCUT2D eigenvalue weighted by Gasteiger charge is -2.15. The average Bonchev–Trinajstić information content (AvgIpc) is 2.69. The second kappa shape index (κ2) is 6.36. The van der Waals surface area contributed by atoms with Crippen molar-refractivity contribution in [1.29, 1.82) is 0 Å². The van der Waals surface area contributed by atoms with Gasteiger partial charge in [-0.2, -0.15) is 5.10 Å². The Kier molecular flexibility index (Phi) is 4.71. The van der Waals surface area contributed by atoms with Crippen LogP contribution in [0.25, 0.3) is 0 Å². The van der Waals surface area contributed by atoms with Gasteiger partial charge in [0.2, 0.25) is 0 Å². The Hall–Kier alpha value is -2.08. The summed E-state index contributed by atoms with van der Waals surface area (Å²) in [6.07, 6.45) is -0.763. The number of carbonyl (C=O) groups is 1. The number of amides is 1. The van der Waals surface area contributed by atoms with E-state index in [9.17, 15) is 9.18 Å². The summed E-state index contributed by atoms with van der Waals surface area (Å²) in [7, 11) is 1.80. The van der Waals surface area contributed by atoms with E-state index in [4.69, 9.17) is 16.3 Å². The molecule has 0 spiro atoms. The van der Waals surface area contributed by atoms with Crippen molar-refractivity contribution in [3.63, 3.8) is 0 Å². The minimum absolute atomic E-state index is 0.0518. The fraction of sp³-hybridized carbons (Fsp3) is 0.333. The number of nitrogens with zero attached hydrogens (tertiary/aromatic N) is 2. The van der Waals surface area contributed by atoms with Gasteiger partial charge in [-0.1, -0.05) is 11.6 Å². The van der Waals surface area contributed by atoms with E-state index in [1.165, 1.54) is 18.2 Å². The lowest BCUT2D eigenvalue weighted by Crippen LogP contribution is -2.30. The molecule has 7 heteroatoms. The molecule has 2 rings (SSSR count). The maximum absolute atomic E-state index is 13.1. The second-order valence-electron chi connectivity index (χ2n) is 4.99. The highest BCUT2D eigenvalue weighted by atomic mass is 35.5. The maximum Gasteiger partial charge on any atom is 0.265 e. The number of ether oxygens (including phenoxy) is 1. The quantitative estimate of drug-likeness (QED) is 0.939. The van der Waals surface area contributed by atoms with E-state index in [2.05, 4.69) is 10.4 Å². The highest BCUT2D eigenvalue weighted by Crippen LogP contribution is 2.23. The van der Waals surface area contributed by atoms with Crippen LogP contribution in [0.4, 0.5) is 10.1 Å². The van der Waals surface area contributed by atoms with Crippen LogP contribution in [0.15, 0.2) is 18.2 Å². The van der Waals surface area contributed by atoms with Crippen LogP contribution < -0.4 is 10.1 Å². The summed E-state index contributed by atoms with van der Waals surface area (Å²) in [5, 5.41) is 6.97. The van der Waals surface area contributed by atoms with Crippen molar-refractivity contribution in [2.45, 2.75) is 26.9 Å². The summed E-state index contributed by atoms with van der Waals surface area (Å²) < 4.78 is 20.3. The summed E-state index contributed by atoms with van der Waals surface area (Å²) in [5.41, 5.74) is 2.24. The minimum Gasteiger partial charge on any atom is -0.481 e. The van der Waals surface area contributed by atoms with Gasteiger partial charge in [-0.15, -0.1) is 0 Å². The van der Waals surface area contributed by atoms with E-state index < -0.39 is 11.9 Å². The molecule has 22 heavy (non-hydrogen) atoms. The average molecular weight is 326 g/mol. The zero-order chi connectivity index (χ0) is 16.4. The van der Waals surface area contributed by atoms with Crippen molar-refractivity contribution >= 4 is 23.2 Å². The SMILES string of the molecule is Cc1nn(C)c(C)c1NC(=O)[C@H](C)Oc1ccc(F)c(Cl)c1. The number of anilines is 1. The third-order valence-corrected chi connectivity index (χ3v) is 3.62. The molecule has 1 aromatic carbocycles. The monoisotopic (exact) mass is 325 g/mol. The van der Waals surface area contributed by atoms with E-state index >= 15 is 0 Å². The van der Waals surface area contributed by atoms with Crippen molar-refractivity contribution < 1.29 is 13.9 Å². The zero-order valence-electron chi connectivity index (χ0n) is 12.8. The molecule has 2 aromatic rings. The third kappa shape index (κ3) is 3.39. The van der Waals surface area contributed by atoms with Crippen molar-refractivity contribution in [2.24, 2.45) is 7.05 Å². The third-order valence-electron chi connectivity index (χ3n) is 3.33. The second-order valence-corrected chi connectivity index (χ2v) is 5.40. The van der Waals surface area contributed by atoms with Crippen LogP contribution in [-0.4, -0.2) is 21.8 Å². The molecule has 1 amide bonds. The smallest absolute Gasteiger partial charge is 0.265 e. The van der Waals surface area contributed by atoms with E-state index in [0.29, 0.717) is 11.4 Å². The van der Waals surface area contributed by atoms with Gasteiger partial charge in [-0.3, -0.25) is 9.48 Å². The normalized spacial score (nSPS) is 12.1. The number of rotatable bonds is 4. The van der Waals surface area contributed by atoms with Crippen LogP contribution in [-0.2, 0) is 11.8 Å². The molecule has 0 radical (unpaired) electrons. The predicted octanol–water partition coefficient (Wildman–Crippen LogP) is 3.24. The minimum atomic E-state index is -0.763. The summed E-state index contributed by atoms with van der Waals surface area (Å²) in [5.74, 6) is -0.527. The molecule has 1 N–H and O–H groups in total. The highest BCUT2D eigenvalue weighted by Gasteiger charge is 2.19. The Morgan fingerprint density at radius 3 is 2.68 bits per heavy atom. The Balaban J connectivity index is 2.07. The molecule has 0 fully saturated rings. The van der Waals surface area contributed by atoms with Crippen LogP contribution in [0.5, 0.6) is 5.75 Å². The number of aromatic nitrogens is 2. The first-order chi connectivity index (χ1) is 10.3. The van der Waals surface area contributed by atoms with Gasteiger partial charge < -0.3 is 10.1 Å². The van der Waals surface area contributed by atoms with Gasteiger partial charge in [0.15, 0.2) is 6.10 Å². The number of halogens is 2. The molecule has 1 aromatic heterocycles. The number of benzene rings is 1. The van der Waals surface area contributed by atoms with Crippen LogP contribution in [0.3, 0.4) is 0 Å². The molecule has 0 saturated heterocycles. The Morgan fingerprint density at radius 1 is 1.45 bits per heavy atom. The summed E-state index contributed by atoms with van der Waals surface area (Å²) in [4.78, 5) is 12.2. The lowest BCUT2D eigenvalue weighted by molar-refractivity contribution is -0.122. The van der Waals surface area contributed by atoms with E-state index in [0.717, 1.165) is 11.4 Å². The van der Waals surface area contributed by atoms with E-state index in [1.807, 2.05) is 13.8 Å². The van der Waals surface area contributed by atoms with Crippen molar-refractivity contribution in [3.05, 3.63) is 40.4 Å². The highest BCUT2D eigenvalue weighted by molar-refractivity contribution is 6.30. The molecule has 0 aliphatic rings. The standard InChI is InChI=1S/C15H17ClFN3O2/c1-8-14(9(2)20(4)19-8)18-15(21)10(3)22-11-5-6-13(17)12(16)7-11/h5-7,10H,1-4H3,(H,18,21)/t10-/m0/s1. The first-order valence-electron chi connectivity index (χ1n) is 6.72. The largest absolute Gasteiger partial charge is 0.481 e. The molecular formula is C15H17ClFN3O2. The fourth-order valence-electron chi connectivity index (χ4n) is 1.99. The Morgan fingerprint density at radius 2 is 2.14 bits per heavy atom. The molecule has 1 heterocycles. The maximum atomic E-state index is 13.1.